The Hall–Kier alpha value is -2.03. The van der Waals surface area contributed by atoms with Gasteiger partial charge in [0.05, 0.1) is 16.3 Å². The Morgan fingerprint density at radius 2 is 1.77 bits per heavy atom. The van der Waals surface area contributed by atoms with Crippen LogP contribution in [0.3, 0.4) is 0 Å². The molecule has 0 aliphatic rings. The summed E-state index contributed by atoms with van der Waals surface area (Å²) in [6, 6.07) is 14.6. The molecule has 2 aromatic rings. The molecule has 1 N–H and O–H groups in total. The van der Waals surface area contributed by atoms with Gasteiger partial charge in [-0.1, -0.05) is 35.9 Å². The van der Waals surface area contributed by atoms with Gasteiger partial charge in [0.15, 0.2) is 9.84 Å². The summed E-state index contributed by atoms with van der Waals surface area (Å²) in [6.45, 7) is 0.585. The predicted molar refractivity (Wildman–Crippen MR) is 88.5 cm³/mol. The zero-order valence-electron chi connectivity index (χ0n) is 12.0. The van der Waals surface area contributed by atoms with Crippen LogP contribution in [-0.2, 0) is 22.1 Å². The summed E-state index contributed by atoms with van der Waals surface area (Å²) in [5.74, 6) is 0.0476. The summed E-state index contributed by atoms with van der Waals surface area (Å²) in [5.41, 5.74) is 3.06. The van der Waals surface area contributed by atoms with E-state index in [0.717, 1.165) is 16.8 Å². The SMILES string of the molecule is CS(=O)(=O)Cc1ccc(CNc2ccc(C#N)c(Cl)c2)cc1. The van der Waals surface area contributed by atoms with Crippen LogP contribution >= 0.6 is 11.6 Å². The number of hydrogen-bond acceptors (Lipinski definition) is 4. The molecule has 0 fully saturated rings. The lowest BCUT2D eigenvalue weighted by molar-refractivity contribution is 0.601. The Morgan fingerprint density at radius 3 is 2.32 bits per heavy atom. The first-order valence-electron chi connectivity index (χ1n) is 6.56. The second-order valence-electron chi connectivity index (χ2n) is 5.05. The number of sulfone groups is 1. The maximum atomic E-state index is 11.2. The summed E-state index contributed by atoms with van der Waals surface area (Å²) in [5, 5.41) is 12.4. The molecule has 0 saturated carbocycles. The van der Waals surface area contributed by atoms with Crippen LogP contribution < -0.4 is 5.32 Å². The molecule has 0 spiro atoms. The third-order valence-corrected chi connectivity index (χ3v) is 4.21. The Morgan fingerprint density at radius 1 is 1.14 bits per heavy atom. The molecule has 2 rings (SSSR count). The highest BCUT2D eigenvalue weighted by Gasteiger charge is 2.04. The van der Waals surface area contributed by atoms with Crippen LogP contribution in [-0.4, -0.2) is 14.7 Å². The van der Waals surface area contributed by atoms with E-state index in [1.54, 1.807) is 18.2 Å². The van der Waals surface area contributed by atoms with Gasteiger partial charge in [-0.15, -0.1) is 0 Å². The van der Waals surface area contributed by atoms with Crippen molar-refractivity contribution in [2.75, 3.05) is 11.6 Å². The average Bonchev–Trinajstić information content (AvgIpc) is 2.45. The minimum absolute atomic E-state index is 0.0476. The molecule has 2 aromatic carbocycles. The van der Waals surface area contributed by atoms with Gasteiger partial charge in [-0.25, -0.2) is 8.42 Å². The number of nitriles is 1. The average molecular weight is 335 g/mol. The van der Waals surface area contributed by atoms with Crippen LogP contribution in [0.15, 0.2) is 42.5 Å². The fourth-order valence-electron chi connectivity index (χ4n) is 1.98. The monoisotopic (exact) mass is 334 g/mol. The van der Waals surface area contributed by atoms with Gasteiger partial charge in [0.25, 0.3) is 0 Å². The molecule has 0 saturated heterocycles. The van der Waals surface area contributed by atoms with Gasteiger partial charge in [-0.3, -0.25) is 0 Å². The molecule has 0 aliphatic heterocycles. The van der Waals surface area contributed by atoms with Crippen molar-refractivity contribution in [2.24, 2.45) is 0 Å². The molecule has 0 bridgehead atoms. The molecular weight excluding hydrogens is 320 g/mol. The molecule has 0 heterocycles. The number of nitrogens with zero attached hydrogens (tertiary/aromatic N) is 1. The highest BCUT2D eigenvalue weighted by Crippen LogP contribution is 2.20. The van der Waals surface area contributed by atoms with E-state index in [1.165, 1.54) is 6.26 Å². The van der Waals surface area contributed by atoms with E-state index in [1.807, 2.05) is 30.3 Å². The third kappa shape index (κ3) is 4.76. The molecule has 0 atom stereocenters. The topological polar surface area (TPSA) is 70.0 Å². The van der Waals surface area contributed by atoms with Crippen LogP contribution in [0.25, 0.3) is 0 Å². The van der Waals surface area contributed by atoms with Gasteiger partial charge in [-0.2, -0.15) is 5.26 Å². The van der Waals surface area contributed by atoms with Gasteiger partial charge < -0.3 is 5.32 Å². The number of benzene rings is 2. The zero-order chi connectivity index (χ0) is 16.2. The molecule has 0 unspecified atom stereocenters. The first kappa shape index (κ1) is 16.3. The highest BCUT2D eigenvalue weighted by atomic mass is 35.5. The van der Waals surface area contributed by atoms with Crippen molar-refractivity contribution in [3.8, 4) is 6.07 Å². The Kier molecular flexibility index (Phi) is 5.07. The molecule has 0 aliphatic carbocycles. The fraction of sp³-hybridized carbons (Fsp3) is 0.188. The summed E-state index contributed by atoms with van der Waals surface area (Å²) in [7, 11) is -3.01. The van der Waals surface area contributed by atoms with E-state index in [2.05, 4.69) is 5.32 Å². The smallest absolute Gasteiger partial charge is 0.151 e. The van der Waals surface area contributed by atoms with E-state index in [-0.39, 0.29) is 5.75 Å². The van der Waals surface area contributed by atoms with Crippen molar-refractivity contribution in [2.45, 2.75) is 12.3 Å². The highest BCUT2D eigenvalue weighted by molar-refractivity contribution is 7.89. The van der Waals surface area contributed by atoms with Crippen molar-refractivity contribution in [3.63, 3.8) is 0 Å². The quantitative estimate of drug-likeness (QED) is 0.910. The van der Waals surface area contributed by atoms with Crippen molar-refractivity contribution >= 4 is 27.1 Å². The normalized spacial score (nSPS) is 11.0. The van der Waals surface area contributed by atoms with E-state index >= 15 is 0 Å². The Bertz CT molecular complexity index is 809. The van der Waals surface area contributed by atoms with Crippen molar-refractivity contribution in [1.29, 1.82) is 5.26 Å². The molecule has 0 aromatic heterocycles. The standard InChI is InChI=1S/C16H15ClN2O2S/c1-22(20,21)11-13-4-2-12(3-5-13)10-19-15-7-6-14(9-18)16(17)8-15/h2-8,19H,10-11H2,1H3. The molecule has 114 valence electrons. The van der Waals surface area contributed by atoms with Gasteiger partial charge >= 0.3 is 0 Å². The van der Waals surface area contributed by atoms with Crippen LogP contribution in [0.2, 0.25) is 5.02 Å². The van der Waals surface area contributed by atoms with E-state index in [9.17, 15) is 8.42 Å². The van der Waals surface area contributed by atoms with Crippen molar-refractivity contribution < 1.29 is 8.42 Å². The minimum Gasteiger partial charge on any atom is -0.381 e. The summed E-state index contributed by atoms with van der Waals surface area (Å²) in [6.07, 6.45) is 1.22. The van der Waals surface area contributed by atoms with Crippen LogP contribution in [0.5, 0.6) is 0 Å². The van der Waals surface area contributed by atoms with Gasteiger partial charge in [0.2, 0.25) is 0 Å². The zero-order valence-corrected chi connectivity index (χ0v) is 13.6. The maximum Gasteiger partial charge on any atom is 0.151 e. The van der Waals surface area contributed by atoms with E-state index in [0.29, 0.717) is 17.1 Å². The largest absolute Gasteiger partial charge is 0.381 e. The lowest BCUT2D eigenvalue weighted by Crippen LogP contribution is -2.02. The molecule has 6 heteroatoms. The molecule has 4 nitrogen and oxygen atoms in total. The van der Waals surface area contributed by atoms with Gasteiger partial charge in [-0.05, 0) is 29.3 Å². The molecule has 22 heavy (non-hydrogen) atoms. The number of anilines is 1. The third-order valence-electron chi connectivity index (χ3n) is 3.04. The maximum absolute atomic E-state index is 11.2. The Labute approximate surface area is 135 Å². The first-order chi connectivity index (χ1) is 10.4. The van der Waals surface area contributed by atoms with Gasteiger partial charge in [0.1, 0.15) is 6.07 Å². The first-order valence-corrected chi connectivity index (χ1v) is 9.00. The van der Waals surface area contributed by atoms with E-state index < -0.39 is 9.84 Å². The number of hydrogen-bond donors (Lipinski definition) is 1. The van der Waals surface area contributed by atoms with Crippen LogP contribution in [0, 0.1) is 11.3 Å². The van der Waals surface area contributed by atoms with Crippen molar-refractivity contribution in [3.05, 3.63) is 64.2 Å². The fourth-order valence-corrected chi connectivity index (χ4v) is 3.00. The van der Waals surface area contributed by atoms with Gasteiger partial charge in [0, 0.05) is 18.5 Å². The molecule has 0 radical (unpaired) electrons. The number of nitrogens with one attached hydrogen (secondary N) is 1. The summed E-state index contributed by atoms with van der Waals surface area (Å²) < 4.78 is 22.5. The molecule has 0 amide bonds. The number of rotatable bonds is 5. The Balaban J connectivity index is 2.00. The lowest BCUT2D eigenvalue weighted by atomic mass is 10.1. The summed E-state index contributed by atoms with van der Waals surface area (Å²) >= 11 is 5.97. The minimum atomic E-state index is -3.01. The van der Waals surface area contributed by atoms with Crippen LogP contribution in [0.4, 0.5) is 5.69 Å². The second-order valence-corrected chi connectivity index (χ2v) is 7.59. The van der Waals surface area contributed by atoms with Crippen LogP contribution in [0.1, 0.15) is 16.7 Å². The number of halogens is 1. The van der Waals surface area contributed by atoms with Crippen molar-refractivity contribution in [1.82, 2.24) is 0 Å². The molecular formula is C16H15ClN2O2S. The predicted octanol–water partition coefficient (Wildman–Crippen LogP) is 3.37. The second kappa shape index (κ2) is 6.82. The van der Waals surface area contributed by atoms with E-state index in [4.69, 9.17) is 16.9 Å². The lowest BCUT2D eigenvalue weighted by Gasteiger charge is -2.08. The summed E-state index contributed by atoms with van der Waals surface area (Å²) in [4.78, 5) is 0.